The summed E-state index contributed by atoms with van der Waals surface area (Å²) in [4.78, 5) is 3.25. The van der Waals surface area contributed by atoms with Gasteiger partial charge in [0.15, 0.2) is 8.32 Å². The molecule has 40 heavy (non-hydrogen) atoms. The van der Waals surface area contributed by atoms with Crippen molar-refractivity contribution in [2.75, 3.05) is 13.2 Å². The first-order chi connectivity index (χ1) is 18.8. The largest absolute Gasteiger partial charge is 0.417 e. The number of allylic oxidation sites excluding steroid dienone is 1. The molecule has 3 aliphatic rings. The molecule has 2 saturated carbocycles. The fraction of sp³-hybridized carbons (Fsp3) is 0.667. The number of fused-ring (bicyclic) bond motifs is 2. The van der Waals surface area contributed by atoms with Crippen LogP contribution in [0.25, 0.3) is 16.1 Å². The van der Waals surface area contributed by atoms with Gasteiger partial charge >= 0.3 is 0 Å². The number of benzene rings is 1. The fourth-order valence-electron chi connectivity index (χ4n) is 8.11. The van der Waals surface area contributed by atoms with Crippen molar-refractivity contribution in [2.45, 2.75) is 91.3 Å². The van der Waals surface area contributed by atoms with Gasteiger partial charge in [0.05, 0.1) is 11.4 Å². The van der Waals surface area contributed by atoms with E-state index in [-0.39, 0.29) is 15.9 Å². The highest BCUT2D eigenvalue weighted by molar-refractivity contribution is 6.74. The fourth-order valence-corrected chi connectivity index (χ4v) is 9.16. The van der Waals surface area contributed by atoms with Gasteiger partial charge in [-0.05, 0) is 114 Å². The van der Waals surface area contributed by atoms with Crippen molar-refractivity contribution in [3.63, 3.8) is 0 Å². The van der Waals surface area contributed by atoms with Crippen molar-refractivity contribution >= 4 is 8.32 Å². The lowest BCUT2D eigenvalue weighted by atomic mass is 9.49. The molecule has 6 nitrogen and oxygen atoms in total. The van der Waals surface area contributed by atoms with Gasteiger partial charge < -0.3 is 4.43 Å². The van der Waals surface area contributed by atoms with Gasteiger partial charge in [0.25, 0.3) is 0 Å². The molecule has 0 spiro atoms. The average molecular weight is 560 g/mol. The number of hydrogen-bond acceptors (Lipinski definition) is 3. The van der Waals surface area contributed by atoms with Crippen molar-refractivity contribution < 1.29 is 4.43 Å². The third-order valence-electron chi connectivity index (χ3n) is 11.9. The van der Waals surface area contributed by atoms with Crippen molar-refractivity contribution in [1.82, 2.24) is 9.78 Å². The Kier molecular flexibility index (Phi) is 7.65. The summed E-state index contributed by atoms with van der Waals surface area (Å²) in [6.07, 6.45) is 8.77. The highest BCUT2D eigenvalue weighted by atomic mass is 28.4. The lowest BCUT2D eigenvalue weighted by molar-refractivity contribution is -0.0521. The van der Waals surface area contributed by atoms with Crippen LogP contribution in [-0.4, -0.2) is 31.2 Å². The molecular formula is C33H49N5OSi. The summed E-state index contributed by atoms with van der Waals surface area (Å²) < 4.78 is 9.04. The Hall–Kier alpha value is -2.34. The molecule has 7 heteroatoms. The minimum atomic E-state index is -1.92. The summed E-state index contributed by atoms with van der Waals surface area (Å²) >= 11 is 0. The monoisotopic (exact) mass is 559 g/mol. The summed E-state index contributed by atoms with van der Waals surface area (Å²) in [6, 6.07) is 10.5. The molecule has 0 unspecified atom stereocenters. The van der Waals surface area contributed by atoms with E-state index >= 15 is 0 Å². The topological polar surface area (TPSA) is 75.8 Å². The molecule has 0 radical (unpaired) electrons. The van der Waals surface area contributed by atoms with E-state index in [1.54, 1.807) is 0 Å². The average Bonchev–Trinajstić information content (AvgIpc) is 3.45. The predicted octanol–water partition coefficient (Wildman–Crippen LogP) is 8.92. The Morgan fingerprint density at radius 2 is 1.90 bits per heavy atom. The number of azide groups is 1. The van der Waals surface area contributed by atoms with Crippen LogP contribution in [0.4, 0.5) is 0 Å². The van der Waals surface area contributed by atoms with E-state index in [1.807, 2.05) is 0 Å². The van der Waals surface area contributed by atoms with E-state index in [9.17, 15) is 5.53 Å². The van der Waals surface area contributed by atoms with Gasteiger partial charge in [0.2, 0.25) is 0 Å². The zero-order valence-electron chi connectivity index (χ0n) is 25.8. The van der Waals surface area contributed by atoms with Gasteiger partial charge in [0, 0.05) is 24.3 Å². The van der Waals surface area contributed by atoms with E-state index < -0.39 is 8.32 Å². The van der Waals surface area contributed by atoms with Gasteiger partial charge in [-0.25, -0.2) is 4.68 Å². The predicted molar refractivity (Wildman–Crippen MR) is 166 cm³/mol. The third-order valence-corrected chi connectivity index (χ3v) is 16.4. The molecule has 1 heterocycles. The summed E-state index contributed by atoms with van der Waals surface area (Å²) in [5.74, 6) is 1.71. The van der Waals surface area contributed by atoms with E-state index in [0.717, 1.165) is 44.4 Å². The van der Waals surface area contributed by atoms with Crippen LogP contribution >= 0.6 is 0 Å². The van der Waals surface area contributed by atoms with Gasteiger partial charge in [-0.1, -0.05) is 70.1 Å². The van der Waals surface area contributed by atoms with Gasteiger partial charge in [-0.15, -0.1) is 0 Å². The lowest BCUT2D eigenvalue weighted by Gasteiger charge is -2.56. The molecule has 0 amide bonds. The van der Waals surface area contributed by atoms with Gasteiger partial charge in [-0.3, -0.25) is 0 Å². The number of nitrogens with zero attached hydrogens (tertiary/aromatic N) is 5. The quantitative estimate of drug-likeness (QED) is 0.112. The van der Waals surface area contributed by atoms with Crippen LogP contribution in [0.2, 0.25) is 18.1 Å². The molecular weight excluding hydrogens is 510 g/mol. The Morgan fingerprint density at radius 3 is 2.58 bits per heavy atom. The number of aromatic nitrogens is 2. The highest BCUT2D eigenvalue weighted by Crippen LogP contribution is 2.63. The minimum absolute atomic E-state index is 0.0286. The second-order valence-corrected chi connectivity index (χ2v) is 19.7. The van der Waals surface area contributed by atoms with Crippen molar-refractivity contribution in [1.29, 1.82) is 0 Å². The zero-order valence-corrected chi connectivity index (χ0v) is 26.8. The second-order valence-electron chi connectivity index (χ2n) is 14.9. The minimum Gasteiger partial charge on any atom is -0.417 e. The molecule has 5 rings (SSSR count). The summed E-state index contributed by atoms with van der Waals surface area (Å²) in [6.45, 7) is 22.5. The summed E-state index contributed by atoms with van der Waals surface area (Å²) in [5, 5.41) is 9.51. The Morgan fingerprint density at radius 1 is 1.18 bits per heavy atom. The van der Waals surface area contributed by atoms with E-state index in [0.29, 0.717) is 30.2 Å². The normalized spacial score (nSPS) is 32.3. The van der Waals surface area contributed by atoms with E-state index in [4.69, 9.17) is 9.52 Å². The molecule has 0 saturated heterocycles. The Bertz CT molecular complexity index is 1290. The van der Waals surface area contributed by atoms with Crippen molar-refractivity contribution in [3.05, 3.63) is 70.4 Å². The molecule has 2 fully saturated rings. The third kappa shape index (κ3) is 4.99. The molecule has 0 N–H and O–H groups in total. The van der Waals surface area contributed by atoms with Crippen LogP contribution in [0.1, 0.15) is 71.6 Å². The Labute approximate surface area is 242 Å². The molecule has 3 aliphatic carbocycles. The van der Waals surface area contributed by atoms with Crippen LogP contribution < -0.4 is 0 Å². The number of para-hydroxylation sites is 1. The first kappa shape index (κ1) is 29.2. The summed E-state index contributed by atoms with van der Waals surface area (Å²) in [5.41, 5.74) is 14.6. The standard InChI is InChI=1S/C33H49N5OSi/c1-23-14-15-28-27(20-35-37-34)29(16-17-32(23,28)5)33(6)19-24-21-38(26-12-10-9-11-13-26)36-30(24)18-25(33)22-39-40(7,8)31(2,3)4/h9-13,21,25,27-29H,1,14-20,22H2,2-8H3/t25-,27+,28+,29+,32-,33+/m1/s1. The zero-order chi connectivity index (χ0) is 28.9. The maximum absolute atomic E-state index is 9.37. The molecule has 0 bridgehead atoms. The van der Waals surface area contributed by atoms with Crippen LogP contribution in [-0.2, 0) is 17.3 Å². The molecule has 0 aliphatic heterocycles. The van der Waals surface area contributed by atoms with Crippen molar-refractivity contribution in [3.8, 4) is 5.69 Å². The second kappa shape index (κ2) is 10.5. The van der Waals surface area contributed by atoms with Gasteiger partial charge in [0.1, 0.15) is 0 Å². The lowest BCUT2D eigenvalue weighted by Crippen LogP contribution is -2.53. The van der Waals surface area contributed by atoms with Crippen LogP contribution in [0.15, 0.2) is 53.8 Å². The molecule has 2 aromatic rings. The first-order valence-electron chi connectivity index (χ1n) is 15.3. The molecule has 6 atom stereocenters. The van der Waals surface area contributed by atoms with Crippen LogP contribution in [0.3, 0.4) is 0 Å². The number of rotatable bonds is 7. The molecule has 1 aromatic heterocycles. The highest BCUT2D eigenvalue weighted by Gasteiger charge is 2.57. The Balaban J connectivity index is 1.54. The van der Waals surface area contributed by atoms with Crippen molar-refractivity contribution in [2.24, 2.45) is 39.6 Å². The van der Waals surface area contributed by atoms with E-state index in [1.165, 1.54) is 23.3 Å². The van der Waals surface area contributed by atoms with Crippen LogP contribution in [0, 0.1) is 34.5 Å². The SMILES string of the molecule is C=C1CC[C@H]2[C@H](CN=[N+]=[N-])[C@@H]([C@@]3(C)Cc4cn(-c5ccccc5)nc4C[C@@H]3CO[Si](C)(C)C(C)(C)C)CC[C@]12C. The number of hydrogen-bond donors (Lipinski definition) is 0. The maximum Gasteiger partial charge on any atom is 0.191 e. The molecule has 216 valence electrons. The van der Waals surface area contributed by atoms with Gasteiger partial charge in [-0.2, -0.15) is 5.10 Å². The molecule has 1 aromatic carbocycles. The first-order valence-corrected chi connectivity index (χ1v) is 18.2. The maximum atomic E-state index is 9.37. The van der Waals surface area contributed by atoms with E-state index in [2.05, 4.69) is 106 Å². The smallest absolute Gasteiger partial charge is 0.191 e. The summed E-state index contributed by atoms with van der Waals surface area (Å²) in [7, 11) is -1.92. The van der Waals surface area contributed by atoms with Crippen LogP contribution in [0.5, 0.6) is 0 Å².